The molecule has 0 radical (unpaired) electrons. The van der Waals surface area contributed by atoms with Gasteiger partial charge in [-0.15, -0.1) is 0 Å². The minimum absolute atomic E-state index is 0.0237. The van der Waals surface area contributed by atoms with Crippen LogP contribution in [0.4, 0.5) is 11.4 Å². The molecule has 0 aliphatic carbocycles. The van der Waals surface area contributed by atoms with Crippen LogP contribution in [0.5, 0.6) is 0 Å². The number of nitro groups is 1. The van der Waals surface area contributed by atoms with Crippen molar-refractivity contribution in [1.82, 2.24) is 5.32 Å². The van der Waals surface area contributed by atoms with Crippen LogP contribution in [0.3, 0.4) is 0 Å². The highest BCUT2D eigenvalue weighted by atomic mass is 16.6. The first kappa shape index (κ1) is 19.6. The summed E-state index contributed by atoms with van der Waals surface area (Å²) in [4.78, 5) is 23.2. The van der Waals surface area contributed by atoms with Crippen LogP contribution >= 0.6 is 0 Å². The number of anilines is 1. The molecule has 1 amide bonds. The Morgan fingerprint density at radius 1 is 1.12 bits per heavy atom. The molecule has 2 aromatic carbocycles. The van der Waals surface area contributed by atoms with E-state index in [2.05, 4.69) is 24.5 Å². The third-order valence-electron chi connectivity index (χ3n) is 4.48. The minimum atomic E-state index is -0.476. The fourth-order valence-electron chi connectivity index (χ4n) is 2.90. The van der Waals surface area contributed by atoms with Crippen molar-refractivity contribution in [2.75, 3.05) is 11.9 Å². The zero-order chi connectivity index (χ0) is 19.3. The SMILES string of the molecule is Cc1ccc([N+](=O)[O-])c(NC(=O)CN[C@H](c2ccccc2)C(C)C)c1C. The standard InChI is InChI=1S/C20H25N3O3/c1-13(2)19(16-8-6-5-7-9-16)21-12-18(24)22-20-15(4)14(3)10-11-17(20)23(25)26/h5-11,13,19,21H,12H2,1-4H3,(H,22,24)/t19-/m0/s1. The summed E-state index contributed by atoms with van der Waals surface area (Å²) in [6.45, 7) is 7.86. The van der Waals surface area contributed by atoms with E-state index >= 15 is 0 Å². The molecule has 0 aliphatic heterocycles. The van der Waals surface area contributed by atoms with Gasteiger partial charge in [0.15, 0.2) is 0 Å². The van der Waals surface area contributed by atoms with Gasteiger partial charge < -0.3 is 10.6 Å². The number of nitro benzene ring substituents is 1. The van der Waals surface area contributed by atoms with Gasteiger partial charge in [-0.3, -0.25) is 14.9 Å². The van der Waals surface area contributed by atoms with Crippen LogP contribution in [0.15, 0.2) is 42.5 Å². The van der Waals surface area contributed by atoms with Crippen LogP contribution in [0.25, 0.3) is 0 Å². The number of aryl methyl sites for hydroxylation is 1. The highest BCUT2D eigenvalue weighted by Gasteiger charge is 2.21. The molecule has 1 atom stereocenters. The first-order valence-electron chi connectivity index (χ1n) is 8.64. The first-order valence-corrected chi connectivity index (χ1v) is 8.64. The Balaban J connectivity index is 2.12. The third kappa shape index (κ3) is 4.67. The van der Waals surface area contributed by atoms with E-state index in [1.807, 2.05) is 37.3 Å². The number of amides is 1. The third-order valence-corrected chi connectivity index (χ3v) is 4.48. The van der Waals surface area contributed by atoms with Crippen molar-refractivity contribution in [1.29, 1.82) is 0 Å². The molecule has 0 saturated heterocycles. The Hall–Kier alpha value is -2.73. The van der Waals surface area contributed by atoms with Crippen molar-refractivity contribution in [2.45, 2.75) is 33.7 Å². The summed E-state index contributed by atoms with van der Waals surface area (Å²) in [6.07, 6.45) is 0. The summed E-state index contributed by atoms with van der Waals surface area (Å²) >= 11 is 0. The largest absolute Gasteiger partial charge is 0.319 e. The average Bonchev–Trinajstić information content (AvgIpc) is 2.59. The highest BCUT2D eigenvalue weighted by Crippen LogP contribution is 2.30. The highest BCUT2D eigenvalue weighted by molar-refractivity contribution is 5.95. The van der Waals surface area contributed by atoms with E-state index in [9.17, 15) is 14.9 Å². The minimum Gasteiger partial charge on any atom is -0.319 e. The van der Waals surface area contributed by atoms with Gasteiger partial charge in [-0.2, -0.15) is 0 Å². The molecule has 6 nitrogen and oxygen atoms in total. The number of carbonyl (C=O) groups excluding carboxylic acids is 1. The number of nitrogens with zero attached hydrogens (tertiary/aromatic N) is 1. The first-order chi connectivity index (χ1) is 12.3. The molecular weight excluding hydrogens is 330 g/mol. The molecule has 26 heavy (non-hydrogen) atoms. The zero-order valence-corrected chi connectivity index (χ0v) is 15.6. The lowest BCUT2D eigenvalue weighted by molar-refractivity contribution is -0.384. The summed E-state index contributed by atoms with van der Waals surface area (Å²) in [5.74, 6) is -0.0105. The fourth-order valence-corrected chi connectivity index (χ4v) is 2.90. The quantitative estimate of drug-likeness (QED) is 0.577. The summed E-state index contributed by atoms with van der Waals surface area (Å²) < 4.78 is 0. The van der Waals surface area contributed by atoms with E-state index in [-0.39, 0.29) is 29.9 Å². The van der Waals surface area contributed by atoms with Crippen molar-refractivity contribution in [2.24, 2.45) is 5.92 Å². The molecule has 138 valence electrons. The maximum Gasteiger partial charge on any atom is 0.293 e. The molecule has 0 bridgehead atoms. The molecule has 0 unspecified atom stereocenters. The van der Waals surface area contributed by atoms with Crippen molar-refractivity contribution in [3.8, 4) is 0 Å². The lowest BCUT2D eigenvalue weighted by Gasteiger charge is -2.23. The maximum atomic E-state index is 12.4. The number of hydrogen-bond acceptors (Lipinski definition) is 4. The topological polar surface area (TPSA) is 84.3 Å². The number of nitrogens with one attached hydrogen (secondary N) is 2. The molecule has 2 rings (SSSR count). The van der Waals surface area contributed by atoms with Crippen LogP contribution in [0.2, 0.25) is 0 Å². The molecule has 0 aromatic heterocycles. The summed E-state index contributed by atoms with van der Waals surface area (Å²) in [5.41, 5.74) is 2.87. The molecule has 0 aliphatic rings. The Kier molecular flexibility index (Phi) is 6.46. The molecule has 2 aromatic rings. The van der Waals surface area contributed by atoms with Gasteiger partial charge >= 0.3 is 0 Å². The van der Waals surface area contributed by atoms with E-state index < -0.39 is 4.92 Å². The summed E-state index contributed by atoms with van der Waals surface area (Å²) in [5, 5.41) is 17.2. The van der Waals surface area contributed by atoms with Gasteiger partial charge in [0.25, 0.3) is 5.69 Å². The van der Waals surface area contributed by atoms with E-state index in [4.69, 9.17) is 0 Å². The fraction of sp³-hybridized carbons (Fsp3) is 0.350. The second-order valence-electron chi connectivity index (χ2n) is 6.72. The monoisotopic (exact) mass is 355 g/mol. The maximum absolute atomic E-state index is 12.4. The van der Waals surface area contributed by atoms with Crippen LogP contribution < -0.4 is 10.6 Å². The smallest absolute Gasteiger partial charge is 0.293 e. The van der Waals surface area contributed by atoms with Gasteiger partial charge in [0, 0.05) is 12.1 Å². The molecule has 2 N–H and O–H groups in total. The second kappa shape index (κ2) is 8.58. The van der Waals surface area contributed by atoms with Crippen molar-refractivity contribution in [3.05, 3.63) is 69.3 Å². The molecule has 0 spiro atoms. The second-order valence-corrected chi connectivity index (χ2v) is 6.72. The average molecular weight is 355 g/mol. The van der Waals surface area contributed by atoms with Crippen molar-refractivity contribution in [3.63, 3.8) is 0 Å². The predicted molar refractivity (Wildman–Crippen MR) is 103 cm³/mol. The van der Waals surface area contributed by atoms with Gasteiger partial charge in [0.2, 0.25) is 5.91 Å². The van der Waals surface area contributed by atoms with Crippen LogP contribution in [-0.4, -0.2) is 17.4 Å². The Morgan fingerprint density at radius 2 is 1.77 bits per heavy atom. The molecule has 0 fully saturated rings. The molecule has 6 heteroatoms. The Labute approximate surface area is 153 Å². The van der Waals surface area contributed by atoms with Crippen LogP contribution in [0, 0.1) is 29.9 Å². The van der Waals surface area contributed by atoms with Crippen molar-refractivity contribution < 1.29 is 9.72 Å². The lowest BCUT2D eigenvalue weighted by atomic mass is 9.96. The Morgan fingerprint density at radius 3 is 2.35 bits per heavy atom. The van der Waals surface area contributed by atoms with E-state index in [1.54, 1.807) is 13.0 Å². The van der Waals surface area contributed by atoms with Gasteiger partial charge in [-0.05, 0) is 36.5 Å². The normalized spacial score (nSPS) is 12.0. The van der Waals surface area contributed by atoms with E-state index in [0.29, 0.717) is 11.5 Å². The van der Waals surface area contributed by atoms with Gasteiger partial charge in [0.1, 0.15) is 5.69 Å². The zero-order valence-electron chi connectivity index (χ0n) is 15.6. The number of rotatable bonds is 7. The van der Waals surface area contributed by atoms with Gasteiger partial charge in [0.05, 0.1) is 11.5 Å². The van der Waals surface area contributed by atoms with Crippen LogP contribution in [0.1, 0.15) is 36.6 Å². The Bertz CT molecular complexity index is 788. The molecular formula is C20H25N3O3. The van der Waals surface area contributed by atoms with E-state index in [1.165, 1.54) is 6.07 Å². The summed E-state index contributed by atoms with van der Waals surface area (Å²) in [6, 6.07) is 13.1. The van der Waals surface area contributed by atoms with Crippen molar-refractivity contribution >= 4 is 17.3 Å². The number of hydrogen-bond donors (Lipinski definition) is 2. The summed E-state index contributed by atoms with van der Waals surface area (Å²) in [7, 11) is 0. The van der Waals surface area contributed by atoms with Gasteiger partial charge in [-0.25, -0.2) is 0 Å². The molecule has 0 saturated carbocycles. The van der Waals surface area contributed by atoms with Gasteiger partial charge in [-0.1, -0.05) is 50.2 Å². The predicted octanol–water partition coefficient (Wildman–Crippen LogP) is 4.14. The van der Waals surface area contributed by atoms with E-state index in [0.717, 1.165) is 11.1 Å². The molecule has 0 heterocycles. The number of benzene rings is 2. The lowest BCUT2D eigenvalue weighted by Crippen LogP contribution is -2.34. The number of carbonyl (C=O) groups is 1. The van der Waals surface area contributed by atoms with Crippen LogP contribution in [-0.2, 0) is 4.79 Å².